The molecule has 1 saturated carbocycles. The fourth-order valence-corrected chi connectivity index (χ4v) is 2.53. The fourth-order valence-electron chi connectivity index (χ4n) is 2.37. The third kappa shape index (κ3) is 2.71. The van der Waals surface area contributed by atoms with Crippen molar-refractivity contribution in [3.8, 4) is 0 Å². The van der Waals surface area contributed by atoms with Crippen LogP contribution in [0.15, 0.2) is 18.2 Å². The van der Waals surface area contributed by atoms with Gasteiger partial charge in [-0.3, -0.25) is 14.9 Å². The minimum Gasteiger partial charge on any atom is -0.481 e. The molecule has 5 nitrogen and oxygen atoms in total. The molecule has 1 aromatic rings. The molecule has 0 saturated heterocycles. The summed E-state index contributed by atoms with van der Waals surface area (Å²) in [5, 5.41) is 20.7. The van der Waals surface area contributed by atoms with Gasteiger partial charge in [0.25, 0.3) is 5.69 Å². The van der Waals surface area contributed by atoms with Crippen LogP contribution in [-0.2, 0) is 11.2 Å². The van der Waals surface area contributed by atoms with Crippen LogP contribution in [0.25, 0.3) is 0 Å². The van der Waals surface area contributed by atoms with Gasteiger partial charge in [0.05, 0.1) is 10.3 Å². The van der Waals surface area contributed by atoms with Crippen molar-refractivity contribution >= 4 is 23.3 Å². The quantitative estimate of drug-likeness (QED) is 0.664. The summed E-state index contributed by atoms with van der Waals surface area (Å²) in [6.07, 6.45) is 1.88. The molecule has 1 atom stereocenters. The predicted molar refractivity (Wildman–Crippen MR) is 70.3 cm³/mol. The average Bonchev–Trinajstić information content (AvgIpc) is 3.15. The highest BCUT2D eigenvalue weighted by Gasteiger charge is 2.48. The minimum atomic E-state index is -0.946. The number of nitro groups is 1. The Bertz CT molecular complexity index is 541. The number of rotatable bonds is 5. The van der Waals surface area contributed by atoms with Gasteiger partial charge in [-0.2, -0.15) is 0 Å². The van der Waals surface area contributed by atoms with Gasteiger partial charge in [-0.05, 0) is 38.2 Å². The lowest BCUT2D eigenvalue weighted by molar-refractivity contribution is -0.385. The molecule has 0 amide bonds. The van der Waals surface area contributed by atoms with Crippen LogP contribution in [0.3, 0.4) is 0 Å². The Labute approximate surface area is 115 Å². The second-order valence-electron chi connectivity index (χ2n) is 5.20. The van der Waals surface area contributed by atoms with Gasteiger partial charge in [0.2, 0.25) is 0 Å². The lowest BCUT2D eigenvalue weighted by atomic mass is 9.78. The SMILES string of the molecule is CC(Cc1ccc(Cl)cc1[N+](=O)[O-])(C(=O)O)C1CC1. The van der Waals surface area contributed by atoms with E-state index in [1.165, 1.54) is 6.07 Å². The zero-order valence-electron chi connectivity index (χ0n) is 10.4. The van der Waals surface area contributed by atoms with Gasteiger partial charge in [-0.1, -0.05) is 17.7 Å². The molecule has 0 bridgehead atoms. The molecule has 1 aliphatic rings. The third-order valence-electron chi connectivity index (χ3n) is 3.77. The van der Waals surface area contributed by atoms with Crippen molar-refractivity contribution in [2.75, 3.05) is 0 Å². The first-order valence-corrected chi connectivity index (χ1v) is 6.38. The molecule has 102 valence electrons. The van der Waals surface area contributed by atoms with Crippen molar-refractivity contribution in [3.63, 3.8) is 0 Å². The monoisotopic (exact) mass is 283 g/mol. The smallest absolute Gasteiger partial charge is 0.309 e. The van der Waals surface area contributed by atoms with Crippen LogP contribution in [0.1, 0.15) is 25.3 Å². The maximum Gasteiger partial charge on any atom is 0.309 e. The van der Waals surface area contributed by atoms with Gasteiger partial charge in [-0.15, -0.1) is 0 Å². The molecule has 0 aliphatic heterocycles. The highest BCUT2D eigenvalue weighted by molar-refractivity contribution is 6.30. The fraction of sp³-hybridized carbons (Fsp3) is 0.462. The summed E-state index contributed by atoms with van der Waals surface area (Å²) in [4.78, 5) is 22.0. The molecule has 2 rings (SSSR count). The Balaban J connectivity index is 2.37. The van der Waals surface area contributed by atoms with Crippen LogP contribution in [0.4, 0.5) is 5.69 Å². The molecule has 19 heavy (non-hydrogen) atoms. The second kappa shape index (κ2) is 4.81. The summed E-state index contributed by atoms with van der Waals surface area (Å²) in [7, 11) is 0. The number of nitro benzene ring substituents is 1. The van der Waals surface area contributed by atoms with Crippen molar-refractivity contribution in [1.29, 1.82) is 0 Å². The van der Waals surface area contributed by atoms with Gasteiger partial charge in [0.15, 0.2) is 0 Å². The number of halogens is 1. The molecule has 1 N–H and O–H groups in total. The van der Waals surface area contributed by atoms with Crippen molar-refractivity contribution in [2.45, 2.75) is 26.2 Å². The third-order valence-corrected chi connectivity index (χ3v) is 4.00. The van der Waals surface area contributed by atoms with E-state index >= 15 is 0 Å². The number of hydrogen-bond acceptors (Lipinski definition) is 3. The predicted octanol–water partition coefficient (Wildman–Crippen LogP) is 3.29. The molecular formula is C13H14ClNO4. The average molecular weight is 284 g/mol. The Morgan fingerprint density at radius 3 is 2.68 bits per heavy atom. The van der Waals surface area contributed by atoms with E-state index in [1.807, 2.05) is 0 Å². The zero-order valence-corrected chi connectivity index (χ0v) is 11.2. The largest absolute Gasteiger partial charge is 0.481 e. The summed E-state index contributed by atoms with van der Waals surface area (Å²) >= 11 is 5.75. The Morgan fingerprint density at radius 1 is 1.58 bits per heavy atom. The Hall–Kier alpha value is -1.62. The van der Waals surface area contributed by atoms with E-state index in [-0.39, 0.29) is 23.0 Å². The second-order valence-corrected chi connectivity index (χ2v) is 5.64. The van der Waals surface area contributed by atoms with E-state index in [9.17, 15) is 20.0 Å². The number of aliphatic carboxylic acids is 1. The van der Waals surface area contributed by atoms with E-state index in [4.69, 9.17) is 11.6 Å². The number of benzene rings is 1. The standard InChI is InChI=1S/C13H14ClNO4/c1-13(12(16)17,9-3-4-9)7-8-2-5-10(14)6-11(8)15(18)19/h2,5-6,9H,3-4,7H2,1H3,(H,16,17). The van der Waals surface area contributed by atoms with E-state index in [0.717, 1.165) is 12.8 Å². The topological polar surface area (TPSA) is 80.4 Å². The highest BCUT2D eigenvalue weighted by Crippen LogP contribution is 2.48. The number of hydrogen-bond donors (Lipinski definition) is 1. The summed E-state index contributed by atoms with van der Waals surface area (Å²) in [5.74, 6) is -0.806. The van der Waals surface area contributed by atoms with Gasteiger partial charge >= 0.3 is 5.97 Å². The van der Waals surface area contributed by atoms with E-state index in [2.05, 4.69) is 0 Å². The van der Waals surface area contributed by atoms with Gasteiger partial charge in [-0.25, -0.2) is 0 Å². The molecule has 1 unspecified atom stereocenters. The van der Waals surface area contributed by atoms with Gasteiger partial charge in [0.1, 0.15) is 0 Å². The number of carboxylic acid groups (broad SMARTS) is 1. The number of carboxylic acids is 1. The zero-order chi connectivity index (χ0) is 14.2. The first-order valence-electron chi connectivity index (χ1n) is 6.01. The van der Waals surface area contributed by atoms with Gasteiger partial charge in [0, 0.05) is 16.7 Å². The molecule has 1 aliphatic carbocycles. The summed E-state index contributed by atoms with van der Waals surface area (Å²) < 4.78 is 0. The molecule has 0 heterocycles. The Morgan fingerprint density at radius 2 is 2.21 bits per heavy atom. The van der Waals surface area contributed by atoms with Crippen LogP contribution in [-0.4, -0.2) is 16.0 Å². The van der Waals surface area contributed by atoms with Crippen molar-refractivity contribution in [3.05, 3.63) is 38.9 Å². The summed E-state index contributed by atoms with van der Waals surface area (Å²) in [6, 6.07) is 4.37. The maximum absolute atomic E-state index is 11.5. The molecule has 0 radical (unpaired) electrons. The molecule has 1 fully saturated rings. The molecule has 0 aromatic heterocycles. The lowest BCUT2D eigenvalue weighted by Gasteiger charge is -2.24. The first-order chi connectivity index (χ1) is 8.84. The lowest BCUT2D eigenvalue weighted by Crippen LogP contribution is -2.32. The molecular weight excluding hydrogens is 270 g/mol. The first kappa shape index (κ1) is 13.8. The van der Waals surface area contributed by atoms with Crippen molar-refractivity contribution in [1.82, 2.24) is 0 Å². The van der Waals surface area contributed by atoms with Crippen molar-refractivity contribution < 1.29 is 14.8 Å². The van der Waals surface area contributed by atoms with Crippen LogP contribution in [0.5, 0.6) is 0 Å². The molecule has 0 spiro atoms. The Kier molecular flexibility index (Phi) is 3.49. The van der Waals surface area contributed by atoms with E-state index < -0.39 is 16.3 Å². The van der Waals surface area contributed by atoms with Crippen LogP contribution in [0, 0.1) is 21.4 Å². The highest BCUT2D eigenvalue weighted by atomic mass is 35.5. The molecule has 6 heteroatoms. The number of nitrogens with zero attached hydrogens (tertiary/aromatic N) is 1. The maximum atomic E-state index is 11.5. The molecule has 1 aromatic carbocycles. The van der Waals surface area contributed by atoms with Gasteiger partial charge < -0.3 is 5.11 Å². The van der Waals surface area contributed by atoms with Crippen LogP contribution < -0.4 is 0 Å². The van der Waals surface area contributed by atoms with Crippen LogP contribution >= 0.6 is 11.6 Å². The minimum absolute atomic E-state index is 0.0975. The van der Waals surface area contributed by atoms with Crippen molar-refractivity contribution in [2.24, 2.45) is 11.3 Å². The summed E-state index contributed by atoms with van der Waals surface area (Å²) in [5.41, 5.74) is -0.634. The van der Waals surface area contributed by atoms with E-state index in [1.54, 1.807) is 19.1 Å². The van der Waals surface area contributed by atoms with Crippen LogP contribution in [0.2, 0.25) is 5.02 Å². The summed E-state index contributed by atoms with van der Waals surface area (Å²) in [6.45, 7) is 1.66. The number of carbonyl (C=O) groups is 1. The van der Waals surface area contributed by atoms with E-state index in [0.29, 0.717) is 5.56 Å². The normalized spacial score (nSPS) is 17.8.